The Bertz CT molecular complexity index is 150. The molecule has 0 aromatic heterocycles. The maximum atomic E-state index is 10.3. The number of nitrogens with one attached hydrogen (secondary N) is 2. The van der Waals surface area contributed by atoms with E-state index < -0.39 is 6.03 Å². The maximum Gasteiger partial charge on any atom is 0.312 e. The summed E-state index contributed by atoms with van der Waals surface area (Å²) in [5.41, 5.74) is 4.88. The number of likely N-dealkylation sites (N-methyl/N-ethyl adjacent to an activating group) is 1. The molecule has 12 heavy (non-hydrogen) atoms. The lowest BCUT2D eigenvalue weighted by molar-refractivity contribution is -0.108. The summed E-state index contributed by atoms with van der Waals surface area (Å²) in [5, 5.41) is 5.43. The van der Waals surface area contributed by atoms with Gasteiger partial charge in [-0.05, 0) is 13.5 Å². The predicted molar refractivity (Wildman–Crippen MR) is 45.7 cm³/mol. The third-order valence-corrected chi connectivity index (χ3v) is 1.56. The van der Waals surface area contributed by atoms with Gasteiger partial charge in [0.05, 0.1) is 0 Å². The lowest BCUT2D eigenvalue weighted by Gasteiger charge is -2.14. The van der Waals surface area contributed by atoms with Gasteiger partial charge in [0.25, 0.3) is 0 Å². The van der Waals surface area contributed by atoms with E-state index in [0.29, 0.717) is 19.4 Å². The van der Waals surface area contributed by atoms with Crippen molar-refractivity contribution in [1.29, 1.82) is 0 Å². The van der Waals surface area contributed by atoms with Crippen LogP contribution in [0.2, 0.25) is 0 Å². The van der Waals surface area contributed by atoms with Crippen LogP contribution in [0.3, 0.4) is 0 Å². The molecule has 0 bridgehead atoms. The fraction of sp³-hybridized carbons (Fsp3) is 0.714. The minimum absolute atomic E-state index is 0.114. The van der Waals surface area contributed by atoms with Crippen LogP contribution in [0.15, 0.2) is 0 Å². The number of aldehydes is 1. The number of amides is 2. The van der Waals surface area contributed by atoms with Crippen molar-refractivity contribution in [2.75, 3.05) is 13.6 Å². The predicted octanol–water partition coefficient (Wildman–Crippen LogP) is -0.778. The van der Waals surface area contributed by atoms with E-state index in [-0.39, 0.29) is 6.04 Å². The molecule has 0 rings (SSSR count). The van der Waals surface area contributed by atoms with Gasteiger partial charge in [-0.15, -0.1) is 0 Å². The molecule has 70 valence electrons. The zero-order valence-electron chi connectivity index (χ0n) is 7.17. The Balaban J connectivity index is 3.52. The van der Waals surface area contributed by atoms with Crippen molar-refractivity contribution in [1.82, 2.24) is 10.6 Å². The number of urea groups is 1. The van der Waals surface area contributed by atoms with Crippen molar-refractivity contribution in [2.24, 2.45) is 5.73 Å². The summed E-state index contributed by atoms with van der Waals surface area (Å²) in [6, 6.07) is -0.427. The van der Waals surface area contributed by atoms with Gasteiger partial charge in [0.2, 0.25) is 0 Å². The van der Waals surface area contributed by atoms with Crippen LogP contribution < -0.4 is 16.4 Å². The lowest BCUT2D eigenvalue weighted by Crippen LogP contribution is -2.41. The minimum atomic E-state index is -0.540. The molecule has 0 spiro atoms. The quantitative estimate of drug-likeness (QED) is 0.461. The van der Waals surface area contributed by atoms with Gasteiger partial charge in [-0.2, -0.15) is 0 Å². The third kappa shape index (κ3) is 5.67. The van der Waals surface area contributed by atoms with Gasteiger partial charge in [-0.25, -0.2) is 4.79 Å². The molecule has 0 radical (unpaired) electrons. The molecule has 5 nitrogen and oxygen atoms in total. The van der Waals surface area contributed by atoms with Crippen LogP contribution in [0.25, 0.3) is 0 Å². The van der Waals surface area contributed by atoms with Crippen LogP contribution in [0.4, 0.5) is 4.79 Å². The highest BCUT2D eigenvalue weighted by Gasteiger charge is 2.05. The molecular weight excluding hydrogens is 158 g/mol. The number of primary amides is 1. The molecule has 0 saturated heterocycles. The third-order valence-electron chi connectivity index (χ3n) is 1.56. The second-order valence-electron chi connectivity index (χ2n) is 2.47. The second-order valence-corrected chi connectivity index (χ2v) is 2.47. The van der Waals surface area contributed by atoms with Crippen molar-refractivity contribution in [3.63, 3.8) is 0 Å². The Morgan fingerprint density at radius 1 is 1.67 bits per heavy atom. The topological polar surface area (TPSA) is 84.2 Å². The van der Waals surface area contributed by atoms with Gasteiger partial charge in [0, 0.05) is 19.0 Å². The summed E-state index contributed by atoms with van der Waals surface area (Å²) in [6.07, 6.45) is 2.06. The Morgan fingerprint density at radius 3 is 2.75 bits per heavy atom. The first-order chi connectivity index (χ1) is 5.70. The number of hydrogen-bond acceptors (Lipinski definition) is 3. The highest BCUT2D eigenvalue weighted by molar-refractivity contribution is 5.71. The van der Waals surface area contributed by atoms with E-state index in [1.54, 1.807) is 7.05 Å². The van der Waals surface area contributed by atoms with E-state index in [2.05, 4.69) is 10.6 Å². The molecule has 1 atom stereocenters. The molecule has 0 aromatic carbocycles. The maximum absolute atomic E-state index is 10.3. The van der Waals surface area contributed by atoms with E-state index in [0.717, 1.165) is 6.29 Å². The fourth-order valence-electron chi connectivity index (χ4n) is 0.841. The standard InChI is InChI=1S/C7H15N3O2/c1-9-6(3-2-4-11)5-10-7(8)12/h4,6,9H,2-3,5H2,1H3,(H3,8,10,12). The molecule has 0 heterocycles. The zero-order valence-corrected chi connectivity index (χ0v) is 7.17. The molecule has 2 amide bonds. The van der Waals surface area contributed by atoms with E-state index in [1.165, 1.54) is 0 Å². The van der Waals surface area contributed by atoms with Crippen molar-refractivity contribution in [2.45, 2.75) is 18.9 Å². The molecule has 0 saturated carbocycles. The highest BCUT2D eigenvalue weighted by Crippen LogP contribution is 1.92. The van der Waals surface area contributed by atoms with Gasteiger partial charge in [-0.1, -0.05) is 0 Å². The first-order valence-corrected chi connectivity index (χ1v) is 3.85. The molecule has 0 aliphatic heterocycles. The van der Waals surface area contributed by atoms with Crippen molar-refractivity contribution >= 4 is 12.3 Å². The molecule has 5 heteroatoms. The molecule has 4 N–H and O–H groups in total. The number of carbonyl (C=O) groups is 2. The van der Waals surface area contributed by atoms with Crippen molar-refractivity contribution in [3.05, 3.63) is 0 Å². The summed E-state index contributed by atoms with van der Waals surface area (Å²) in [6.45, 7) is 0.458. The smallest absolute Gasteiger partial charge is 0.312 e. The largest absolute Gasteiger partial charge is 0.352 e. The average molecular weight is 173 g/mol. The zero-order chi connectivity index (χ0) is 9.40. The second kappa shape index (κ2) is 6.60. The van der Waals surface area contributed by atoms with Gasteiger partial charge >= 0.3 is 6.03 Å². The summed E-state index contributed by atoms with van der Waals surface area (Å²) in [4.78, 5) is 20.3. The van der Waals surface area contributed by atoms with E-state index in [1.807, 2.05) is 0 Å². The summed E-state index contributed by atoms with van der Waals surface area (Å²) in [7, 11) is 1.78. The van der Waals surface area contributed by atoms with Gasteiger partial charge in [0.1, 0.15) is 6.29 Å². The van der Waals surface area contributed by atoms with Crippen LogP contribution in [-0.2, 0) is 4.79 Å². The van der Waals surface area contributed by atoms with Crippen molar-refractivity contribution in [3.8, 4) is 0 Å². The van der Waals surface area contributed by atoms with Crippen LogP contribution in [0.5, 0.6) is 0 Å². The number of nitrogens with two attached hydrogens (primary N) is 1. The number of rotatable bonds is 6. The van der Waals surface area contributed by atoms with Crippen LogP contribution in [0, 0.1) is 0 Å². The molecule has 0 aliphatic rings. The van der Waals surface area contributed by atoms with Gasteiger partial charge < -0.3 is 21.2 Å². The fourth-order valence-corrected chi connectivity index (χ4v) is 0.841. The van der Waals surface area contributed by atoms with E-state index in [9.17, 15) is 9.59 Å². The molecule has 0 fully saturated rings. The first-order valence-electron chi connectivity index (χ1n) is 3.85. The normalized spacial score (nSPS) is 12.1. The molecule has 0 aromatic rings. The SMILES string of the molecule is CNC(CCC=O)CNC(N)=O. The summed E-state index contributed by atoms with van der Waals surface area (Å²) >= 11 is 0. The average Bonchev–Trinajstić information content (AvgIpc) is 2.05. The lowest BCUT2D eigenvalue weighted by atomic mass is 10.1. The number of hydrogen-bond donors (Lipinski definition) is 3. The molecule has 1 unspecified atom stereocenters. The van der Waals surface area contributed by atoms with E-state index >= 15 is 0 Å². The number of carbonyl (C=O) groups excluding carboxylic acids is 2. The Labute approximate surface area is 71.7 Å². The van der Waals surface area contributed by atoms with Gasteiger partial charge in [-0.3, -0.25) is 0 Å². The summed E-state index contributed by atoms with van der Waals surface area (Å²) < 4.78 is 0. The monoisotopic (exact) mass is 173 g/mol. The van der Waals surface area contributed by atoms with Crippen LogP contribution in [-0.4, -0.2) is 32.0 Å². The Morgan fingerprint density at radius 2 is 2.33 bits per heavy atom. The van der Waals surface area contributed by atoms with Crippen molar-refractivity contribution < 1.29 is 9.59 Å². The van der Waals surface area contributed by atoms with E-state index in [4.69, 9.17) is 5.73 Å². The van der Waals surface area contributed by atoms with Gasteiger partial charge in [0.15, 0.2) is 0 Å². The molecular formula is C7H15N3O2. The van der Waals surface area contributed by atoms with Crippen LogP contribution >= 0.6 is 0 Å². The van der Waals surface area contributed by atoms with Crippen LogP contribution in [0.1, 0.15) is 12.8 Å². The summed E-state index contributed by atoms with van der Waals surface area (Å²) in [5.74, 6) is 0. The Hall–Kier alpha value is -1.10. The molecule has 0 aliphatic carbocycles. The first kappa shape index (κ1) is 10.9. The highest BCUT2D eigenvalue weighted by atomic mass is 16.2. The minimum Gasteiger partial charge on any atom is -0.352 e. The Kier molecular flexibility index (Phi) is 6.00.